The van der Waals surface area contributed by atoms with Crippen LogP contribution in [-0.4, -0.2) is 11.1 Å². The van der Waals surface area contributed by atoms with Crippen LogP contribution in [0.5, 0.6) is 0 Å². The Morgan fingerprint density at radius 1 is 1.03 bits per heavy atom. The van der Waals surface area contributed by atoms with Gasteiger partial charge in [-0.2, -0.15) is 0 Å². The second-order valence-electron chi connectivity index (χ2n) is 10.7. The monoisotopic (exact) mass is 404 g/mol. The molecular weight excluding hydrogens is 368 g/mol. The zero-order valence-corrected chi connectivity index (χ0v) is 19.6. The molecule has 0 atom stereocenters. The van der Waals surface area contributed by atoms with Gasteiger partial charge in [-0.1, -0.05) is 71.9 Å². The molecule has 30 heavy (non-hydrogen) atoms. The Labute approximate surface area is 182 Å². The molecule has 0 unspecified atom stereocenters. The Morgan fingerprint density at radius 2 is 1.60 bits per heavy atom. The van der Waals surface area contributed by atoms with Crippen molar-refractivity contribution in [3.8, 4) is 0 Å². The minimum Gasteiger partial charge on any atom is -0.478 e. The molecule has 2 aromatic carbocycles. The number of fused-ring (bicyclic) bond motifs is 1. The minimum atomic E-state index is -0.887. The molecule has 1 aliphatic rings. The fourth-order valence-electron chi connectivity index (χ4n) is 5.13. The first-order chi connectivity index (χ1) is 13.9. The molecule has 0 saturated heterocycles. The van der Waals surface area contributed by atoms with Crippen molar-refractivity contribution in [1.29, 1.82) is 0 Å². The maximum Gasteiger partial charge on any atom is 0.335 e. The highest BCUT2D eigenvalue weighted by Crippen LogP contribution is 2.50. The van der Waals surface area contributed by atoms with E-state index in [4.69, 9.17) is 5.11 Å². The summed E-state index contributed by atoms with van der Waals surface area (Å²) in [7, 11) is 0. The van der Waals surface area contributed by atoms with Gasteiger partial charge in [0.05, 0.1) is 5.56 Å². The SMILES string of the molecule is CC(=Cc1ccc(C(=O)O)cc1)c1cc2c(cc1CCC(C)C)C(C)(C)CC2(C)C. The van der Waals surface area contributed by atoms with Crippen LogP contribution in [0, 0.1) is 5.92 Å². The Kier molecular flexibility index (Phi) is 6.00. The van der Waals surface area contributed by atoms with Crippen molar-refractivity contribution in [2.45, 2.75) is 78.6 Å². The summed E-state index contributed by atoms with van der Waals surface area (Å²) >= 11 is 0. The van der Waals surface area contributed by atoms with Gasteiger partial charge in [-0.3, -0.25) is 0 Å². The lowest BCUT2D eigenvalue weighted by Gasteiger charge is -2.22. The Morgan fingerprint density at radius 3 is 2.13 bits per heavy atom. The molecule has 0 radical (unpaired) electrons. The summed E-state index contributed by atoms with van der Waals surface area (Å²) in [6.45, 7) is 16.2. The number of allylic oxidation sites excluding steroid dienone is 1. The number of rotatable bonds is 6. The molecule has 0 bridgehead atoms. The van der Waals surface area contributed by atoms with Crippen LogP contribution in [0.2, 0.25) is 0 Å². The number of carboxylic acids is 1. The lowest BCUT2D eigenvalue weighted by atomic mass is 9.82. The predicted octanol–water partition coefficient (Wildman–Crippen LogP) is 7.49. The highest BCUT2D eigenvalue weighted by molar-refractivity contribution is 5.88. The zero-order valence-electron chi connectivity index (χ0n) is 19.6. The number of carbonyl (C=O) groups is 1. The van der Waals surface area contributed by atoms with E-state index in [1.807, 2.05) is 12.1 Å². The lowest BCUT2D eigenvalue weighted by molar-refractivity contribution is 0.0697. The smallest absolute Gasteiger partial charge is 0.335 e. The van der Waals surface area contributed by atoms with Crippen LogP contribution in [-0.2, 0) is 17.3 Å². The number of benzene rings is 2. The molecule has 0 fully saturated rings. The van der Waals surface area contributed by atoms with Gasteiger partial charge in [0.2, 0.25) is 0 Å². The standard InChI is InChI=1S/C28H36O2/c1-18(2)8-11-22-15-24-25(28(6,7)17-27(24,4)5)16-23(22)19(3)14-20-9-12-21(13-10-20)26(29)30/h9-10,12-16,18H,8,11,17H2,1-7H3,(H,29,30). The van der Waals surface area contributed by atoms with E-state index in [2.05, 4.69) is 66.7 Å². The van der Waals surface area contributed by atoms with E-state index in [0.29, 0.717) is 11.5 Å². The summed E-state index contributed by atoms with van der Waals surface area (Å²) in [6, 6.07) is 12.1. The first kappa shape index (κ1) is 22.3. The van der Waals surface area contributed by atoms with Crippen LogP contribution < -0.4 is 0 Å². The molecule has 0 saturated carbocycles. The van der Waals surface area contributed by atoms with Crippen LogP contribution in [0.15, 0.2) is 36.4 Å². The van der Waals surface area contributed by atoms with Crippen molar-refractivity contribution in [1.82, 2.24) is 0 Å². The maximum absolute atomic E-state index is 11.1. The fraction of sp³-hybridized carbons (Fsp3) is 0.464. The third-order valence-electron chi connectivity index (χ3n) is 6.54. The normalized spacial score (nSPS) is 17.3. The average molecular weight is 405 g/mol. The average Bonchev–Trinajstić information content (AvgIpc) is 2.83. The molecular formula is C28H36O2. The van der Waals surface area contributed by atoms with E-state index in [9.17, 15) is 4.79 Å². The van der Waals surface area contributed by atoms with E-state index in [1.165, 1.54) is 40.7 Å². The quantitative estimate of drug-likeness (QED) is 0.506. The second kappa shape index (κ2) is 8.06. The van der Waals surface area contributed by atoms with Crippen LogP contribution in [0.3, 0.4) is 0 Å². The highest BCUT2D eigenvalue weighted by atomic mass is 16.4. The fourth-order valence-corrected chi connectivity index (χ4v) is 5.13. The number of carboxylic acid groups (broad SMARTS) is 1. The molecule has 1 N–H and O–H groups in total. The predicted molar refractivity (Wildman–Crippen MR) is 127 cm³/mol. The van der Waals surface area contributed by atoms with E-state index in [1.54, 1.807) is 12.1 Å². The topological polar surface area (TPSA) is 37.3 Å². The number of hydrogen-bond donors (Lipinski definition) is 1. The first-order valence-corrected chi connectivity index (χ1v) is 11.1. The van der Waals surface area contributed by atoms with Gasteiger partial charge in [0.1, 0.15) is 0 Å². The van der Waals surface area contributed by atoms with Crippen molar-refractivity contribution >= 4 is 17.6 Å². The number of hydrogen-bond acceptors (Lipinski definition) is 1. The van der Waals surface area contributed by atoms with Crippen LogP contribution >= 0.6 is 0 Å². The maximum atomic E-state index is 11.1. The van der Waals surface area contributed by atoms with E-state index in [0.717, 1.165) is 12.0 Å². The molecule has 1 aliphatic carbocycles. The second-order valence-corrected chi connectivity index (χ2v) is 10.7. The van der Waals surface area contributed by atoms with Gasteiger partial charge in [0, 0.05) is 0 Å². The van der Waals surface area contributed by atoms with Crippen LogP contribution in [0.25, 0.3) is 11.6 Å². The molecule has 2 aromatic rings. The van der Waals surface area contributed by atoms with Crippen molar-refractivity contribution in [3.05, 3.63) is 69.8 Å². The molecule has 0 heterocycles. The summed E-state index contributed by atoms with van der Waals surface area (Å²) in [5, 5.41) is 9.14. The molecule has 2 heteroatoms. The molecule has 0 aromatic heterocycles. The largest absolute Gasteiger partial charge is 0.478 e. The van der Waals surface area contributed by atoms with Gasteiger partial charge < -0.3 is 5.11 Å². The summed E-state index contributed by atoms with van der Waals surface area (Å²) in [5.74, 6) is -0.218. The third-order valence-corrected chi connectivity index (χ3v) is 6.54. The molecule has 0 amide bonds. The van der Waals surface area contributed by atoms with Gasteiger partial charge >= 0.3 is 5.97 Å². The summed E-state index contributed by atoms with van der Waals surface area (Å²) in [5.41, 5.74) is 8.73. The summed E-state index contributed by atoms with van der Waals surface area (Å²) in [4.78, 5) is 11.1. The molecule has 0 aliphatic heterocycles. The number of aryl methyl sites for hydroxylation is 1. The minimum absolute atomic E-state index is 0.174. The van der Waals surface area contributed by atoms with Crippen molar-refractivity contribution < 1.29 is 9.90 Å². The molecule has 3 rings (SSSR count). The zero-order chi connectivity index (χ0) is 22.3. The van der Waals surface area contributed by atoms with Gasteiger partial charge in [0.15, 0.2) is 0 Å². The van der Waals surface area contributed by atoms with Crippen LogP contribution in [0.1, 0.15) is 99.5 Å². The van der Waals surface area contributed by atoms with Gasteiger partial charge in [-0.25, -0.2) is 4.79 Å². The van der Waals surface area contributed by atoms with Crippen molar-refractivity contribution in [2.24, 2.45) is 5.92 Å². The molecule has 2 nitrogen and oxygen atoms in total. The van der Waals surface area contributed by atoms with E-state index < -0.39 is 5.97 Å². The van der Waals surface area contributed by atoms with Crippen molar-refractivity contribution in [2.75, 3.05) is 0 Å². The number of aromatic carboxylic acids is 1. The Hall–Kier alpha value is -2.35. The van der Waals surface area contributed by atoms with Gasteiger partial charge in [-0.05, 0) is 88.5 Å². The third kappa shape index (κ3) is 4.53. The van der Waals surface area contributed by atoms with Crippen molar-refractivity contribution in [3.63, 3.8) is 0 Å². The Bertz CT molecular complexity index is 972. The summed E-state index contributed by atoms with van der Waals surface area (Å²) in [6.07, 6.45) is 5.61. The molecule has 160 valence electrons. The van der Waals surface area contributed by atoms with Gasteiger partial charge in [0.25, 0.3) is 0 Å². The van der Waals surface area contributed by atoms with Gasteiger partial charge in [-0.15, -0.1) is 0 Å². The highest BCUT2D eigenvalue weighted by Gasteiger charge is 2.42. The van der Waals surface area contributed by atoms with Crippen LogP contribution in [0.4, 0.5) is 0 Å². The Balaban J connectivity index is 2.08. The summed E-state index contributed by atoms with van der Waals surface area (Å²) < 4.78 is 0. The van der Waals surface area contributed by atoms with E-state index in [-0.39, 0.29) is 10.8 Å². The first-order valence-electron chi connectivity index (χ1n) is 11.1. The van der Waals surface area contributed by atoms with E-state index >= 15 is 0 Å². The molecule has 0 spiro atoms. The lowest BCUT2D eigenvalue weighted by Crippen LogP contribution is -2.18.